The summed E-state index contributed by atoms with van der Waals surface area (Å²) in [6.07, 6.45) is 1.15. The molecule has 0 unspecified atom stereocenters. The molecule has 0 amide bonds. The van der Waals surface area contributed by atoms with Crippen molar-refractivity contribution in [1.29, 1.82) is 0 Å². The maximum absolute atomic E-state index is 11.4. The number of rotatable bonds is 15. The van der Waals surface area contributed by atoms with Crippen LogP contribution in [0, 0.1) is 5.92 Å². The standard InChI is InChI=1S/C16H33NO4/c1-14(2)13-16(18)5-7-19-9-11-21-12-10-20-8-6-17-15(3)4/h14-15,17H,5-13H2,1-4H3. The molecule has 0 aliphatic heterocycles. The van der Waals surface area contributed by atoms with E-state index in [0.717, 1.165) is 6.54 Å². The van der Waals surface area contributed by atoms with Crippen LogP contribution in [0.5, 0.6) is 0 Å². The molecule has 0 aromatic heterocycles. The summed E-state index contributed by atoms with van der Waals surface area (Å²) < 4.78 is 16.1. The monoisotopic (exact) mass is 303 g/mol. The van der Waals surface area contributed by atoms with Gasteiger partial charge in [-0.2, -0.15) is 0 Å². The molecule has 1 N–H and O–H groups in total. The number of carbonyl (C=O) groups is 1. The molecular formula is C16H33NO4. The van der Waals surface area contributed by atoms with Gasteiger partial charge in [0.05, 0.1) is 39.6 Å². The molecule has 0 aliphatic carbocycles. The van der Waals surface area contributed by atoms with E-state index in [9.17, 15) is 4.79 Å². The molecular weight excluding hydrogens is 270 g/mol. The summed E-state index contributed by atoms with van der Waals surface area (Å²) in [7, 11) is 0. The van der Waals surface area contributed by atoms with Crippen molar-refractivity contribution in [3.05, 3.63) is 0 Å². The van der Waals surface area contributed by atoms with Gasteiger partial charge in [0.25, 0.3) is 0 Å². The fourth-order valence-corrected chi connectivity index (χ4v) is 1.71. The summed E-state index contributed by atoms with van der Waals surface area (Å²) in [4.78, 5) is 11.4. The Kier molecular flexibility index (Phi) is 14.1. The van der Waals surface area contributed by atoms with E-state index in [1.807, 2.05) is 13.8 Å². The largest absolute Gasteiger partial charge is 0.379 e. The maximum atomic E-state index is 11.4. The minimum absolute atomic E-state index is 0.273. The zero-order valence-electron chi connectivity index (χ0n) is 14.2. The van der Waals surface area contributed by atoms with Crippen molar-refractivity contribution in [2.75, 3.05) is 46.2 Å². The summed E-state index contributed by atoms with van der Waals surface area (Å²) >= 11 is 0. The molecule has 0 bridgehead atoms. The van der Waals surface area contributed by atoms with E-state index in [1.54, 1.807) is 0 Å². The van der Waals surface area contributed by atoms with Crippen LogP contribution in [0.3, 0.4) is 0 Å². The molecule has 5 nitrogen and oxygen atoms in total. The lowest BCUT2D eigenvalue weighted by Gasteiger charge is -2.09. The van der Waals surface area contributed by atoms with Gasteiger partial charge in [0.15, 0.2) is 0 Å². The van der Waals surface area contributed by atoms with Crippen molar-refractivity contribution < 1.29 is 19.0 Å². The van der Waals surface area contributed by atoms with Gasteiger partial charge in [-0.25, -0.2) is 0 Å². The van der Waals surface area contributed by atoms with Gasteiger partial charge in [-0.15, -0.1) is 0 Å². The third-order valence-electron chi connectivity index (χ3n) is 2.70. The second-order valence-corrected chi connectivity index (χ2v) is 5.83. The Hall–Kier alpha value is -0.490. The van der Waals surface area contributed by atoms with Crippen LogP contribution in [-0.4, -0.2) is 58.0 Å². The van der Waals surface area contributed by atoms with E-state index in [-0.39, 0.29) is 5.78 Å². The minimum Gasteiger partial charge on any atom is -0.379 e. The van der Waals surface area contributed by atoms with Crippen molar-refractivity contribution in [3.63, 3.8) is 0 Å². The molecule has 0 fully saturated rings. The third kappa shape index (κ3) is 17.5. The average Bonchev–Trinajstić information content (AvgIpc) is 2.38. The van der Waals surface area contributed by atoms with Gasteiger partial charge in [0.1, 0.15) is 5.78 Å². The molecule has 0 heterocycles. The Labute approximate surface area is 129 Å². The minimum atomic E-state index is 0.273. The highest BCUT2D eigenvalue weighted by Gasteiger charge is 2.04. The van der Waals surface area contributed by atoms with Crippen LogP contribution in [0.2, 0.25) is 0 Å². The Morgan fingerprint density at radius 2 is 1.38 bits per heavy atom. The highest BCUT2D eigenvalue weighted by molar-refractivity contribution is 5.78. The smallest absolute Gasteiger partial charge is 0.135 e. The number of hydrogen-bond donors (Lipinski definition) is 1. The van der Waals surface area contributed by atoms with Gasteiger partial charge in [-0.05, 0) is 5.92 Å². The Morgan fingerprint density at radius 3 is 1.90 bits per heavy atom. The van der Waals surface area contributed by atoms with E-state index in [2.05, 4.69) is 19.2 Å². The topological polar surface area (TPSA) is 56.8 Å². The van der Waals surface area contributed by atoms with Gasteiger partial charge in [-0.3, -0.25) is 4.79 Å². The highest BCUT2D eigenvalue weighted by Crippen LogP contribution is 2.02. The van der Waals surface area contributed by atoms with Crippen LogP contribution in [0.4, 0.5) is 0 Å². The number of ether oxygens (including phenoxy) is 3. The molecule has 0 saturated carbocycles. The fraction of sp³-hybridized carbons (Fsp3) is 0.938. The van der Waals surface area contributed by atoms with Crippen LogP contribution in [0.1, 0.15) is 40.5 Å². The summed E-state index contributed by atoms with van der Waals surface area (Å²) in [5.41, 5.74) is 0. The SMILES string of the molecule is CC(C)CC(=O)CCOCCOCCOCCNC(C)C. The molecule has 21 heavy (non-hydrogen) atoms. The van der Waals surface area contributed by atoms with Crippen LogP contribution in [0.15, 0.2) is 0 Å². The third-order valence-corrected chi connectivity index (χ3v) is 2.70. The van der Waals surface area contributed by atoms with Crippen molar-refractivity contribution >= 4 is 5.78 Å². The number of ketones is 1. The Morgan fingerprint density at radius 1 is 0.857 bits per heavy atom. The predicted octanol–water partition coefficient (Wildman–Crippen LogP) is 2.04. The lowest BCUT2D eigenvalue weighted by molar-refractivity contribution is -0.120. The number of Topliss-reactive ketones (excluding diaryl/α,β-unsaturated/α-hetero) is 1. The lowest BCUT2D eigenvalue weighted by atomic mass is 10.1. The first-order chi connectivity index (χ1) is 10.0. The van der Waals surface area contributed by atoms with Gasteiger partial charge in [0.2, 0.25) is 0 Å². The molecule has 0 saturated heterocycles. The van der Waals surface area contributed by atoms with Gasteiger partial charge in [-0.1, -0.05) is 27.7 Å². The second-order valence-electron chi connectivity index (χ2n) is 5.83. The van der Waals surface area contributed by atoms with Crippen LogP contribution in [0.25, 0.3) is 0 Å². The lowest BCUT2D eigenvalue weighted by Crippen LogP contribution is -2.27. The van der Waals surface area contributed by atoms with Gasteiger partial charge in [0, 0.05) is 25.4 Å². The van der Waals surface area contributed by atoms with E-state index in [1.165, 1.54) is 0 Å². The summed E-state index contributed by atoms with van der Waals surface area (Å²) in [6.45, 7) is 12.6. The summed E-state index contributed by atoms with van der Waals surface area (Å²) in [6, 6.07) is 0.495. The second kappa shape index (κ2) is 14.4. The van der Waals surface area contributed by atoms with E-state index in [0.29, 0.717) is 64.4 Å². The van der Waals surface area contributed by atoms with Crippen molar-refractivity contribution in [2.45, 2.75) is 46.6 Å². The number of nitrogens with one attached hydrogen (secondary N) is 1. The van der Waals surface area contributed by atoms with Gasteiger partial charge >= 0.3 is 0 Å². The van der Waals surface area contributed by atoms with Crippen LogP contribution >= 0.6 is 0 Å². The molecule has 0 aromatic rings. The van der Waals surface area contributed by atoms with Crippen molar-refractivity contribution in [3.8, 4) is 0 Å². The first-order valence-electron chi connectivity index (χ1n) is 8.00. The molecule has 5 heteroatoms. The van der Waals surface area contributed by atoms with E-state index >= 15 is 0 Å². The Bertz CT molecular complexity index is 244. The molecule has 126 valence electrons. The fourth-order valence-electron chi connectivity index (χ4n) is 1.71. The average molecular weight is 303 g/mol. The zero-order valence-corrected chi connectivity index (χ0v) is 14.2. The quantitative estimate of drug-likeness (QED) is 0.469. The first-order valence-corrected chi connectivity index (χ1v) is 8.00. The normalized spacial score (nSPS) is 11.5. The summed E-state index contributed by atoms with van der Waals surface area (Å²) in [5.74, 6) is 0.700. The molecule has 0 atom stereocenters. The van der Waals surface area contributed by atoms with Crippen molar-refractivity contribution in [1.82, 2.24) is 5.32 Å². The van der Waals surface area contributed by atoms with Gasteiger partial charge < -0.3 is 19.5 Å². The summed E-state index contributed by atoms with van der Waals surface area (Å²) in [5, 5.41) is 3.28. The van der Waals surface area contributed by atoms with E-state index in [4.69, 9.17) is 14.2 Å². The van der Waals surface area contributed by atoms with Crippen molar-refractivity contribution in [2.24, 2.45) is 5.92 Å². The molecule has 0 spiro atoms. The van der Waals surface area contributed by atoms with Crippen LogP contribution < -0.4 is 5.32 Å². The molecule has 0 aliphatic rings. The molecule has 0 rings (SSSR count). The Balaban J connectivity index is 3.11. The number of hydrogen-bond acceptors (Lipinski definition) is 5. The zero-order chi connectivity index (χ0) is 15.9. The maximum Gasteiger partial charge on any atom is 0.135 e. The predicted molar refractivity (Wildman–Crippen MR) is 84.7 cm³/mol. The number of carbonyl (C=O) groups excluding carboxylic acids is 1. The first kappa shape index (κ1) is 20.5. The van der Waals surface area contributed by atoms with Crippen LogP contribution in [-0.2, 0) is 19.0 Å². The highest BCUT2D eigenvalue weighted by atomic mass is 16.5. The van der Waals surface area contributed by atoms with E-state index < -0.39 is 0 Å². The molecule has 0 aromatic carbocycles. The molecule has 0 radical (unpaired) electrons.